The van der Waals surface area contributed by atoms with Crippen molar-refractivity contribution in [3.05, 3.63) is 46.5 Å². The van der Waals surface area contributed by atoms with Crippen molar-refractivity contribution in [3.8, 4) is 6.07 Å². The highest BCUT2D eigenvalue weighted by molar-refractivity contribution is 7.13. The van der Waals surface area contributed by atoms with E-state index in [2.05, 4.69) is 11.1 Å². The largest absolute Gasteiger partial charge is 0.476 e. The van der Waals surface area contributed by atoms with Crippen molar-refractivity contribution >= 4 is 22.4 Å². The highest BCUT2D eigenvalue weighted by Crippen LogP contribution is 2.21. The molecule has 2 rings (SSSR count). The van der Waals surface area contributed by atoms with E-state index < -0.39 is 5.97 Å². The van der Waals surface area contributed by atoms with Crippen LogP contribution in [-0.4, -0.2) is 23.1 Å². The van der Waals surface area contributed by atoms with Crippen LogP contribution in [0.15, 0.2) is 29.6 Å². The molecule has 96 valence electrons. The highest BCUT2D eigenvalue weighted by atomic mass is 32.1. The van der Waals surface area contributed by atoms with Crippen LogP contribution in [0.2, 0.25) is 0 Å². The minimum atomic E-state index is -1.03. The monoisotopic (exact) mass is 273 g/mol. The predicted molar refractivity (Wildman–Crippen MR) is 72.3 cm³/mol. The van der Waals surface area contributed by atoms with Crippen molar-refractivity contribution in [3.63, 3.8) is 0 Å². The smallest absolute Gasteiger partial charge is 0.355 e. The number of thiazole rings is 1. The predicted octanol–water partition coefficient (Wildman–Crippen LogP) is 2.35. The zero-order valence-corrected chi connectivity index (χ0v) is 11.0. The van der Waals surface area contributed by atoms with Crippen LogP contribution in [0.25, 0.3) is 0 Å². The standard InChI is InChI=1S/C13H11N3O2S/c1-16(13-15-11(8-19-13)12(17)18)7-10-4-2-3-9(5-10)6-14/h2-5,8H,7H2,1H3,(H,17,18). The van der Waals surface area contributed by atoms with Gasteiger partial charge in [0.05, 0.1) is 11.6 Å². The highest BCUT2D eigenvalue weighted by Gasteiger charge is 2.12. The van der Waals surface area contributed by atoms with Gasteiger partial charge in [0.25, 0.3) is 0 Å². The lowest BCUT2D eigenvalue weighted by Gasteiger charge is -2.15. The van der Waals surface area contributed by atoms with E-state index in [0.29, 0.717) is 17.2 Å². The molecule has 0 fully saturated rings. The first-order chi connectivity index (χ1) is 9.10. The summed E-state index contributed by atoms with van der Waals surface area (Å²) >= 11 is 1.28. The van der Waals surface area contributed by atoms with Gasteiger partial charge in [0.2, 0.25) is 0 Å². The topological polar surface area (TPSA) is 77.2 Å². The lowest BCUT2D eigenvalue weighted by molar-refractivity contribution is 0.0691. The van der Waals surface area contributed by atoms with Crippen molar-refractivity contribution in [2.75, 3.05) is 11.9 Å². The van der Waals surface area contributed by atoms with Crippen LogP contribution in [0.1, 0.15) is 21.6 Å². The van der Waals surface area contributed by atoms with Crippen molar-refractivity contribution in [2.24, 2.45) is 0 Å². The SMILES string of the molecule is CN(Cc1cccc(C#N)c1)c1nc(C(=O)O)cs1. The molecule has 6 heteroatoms. The van der Waals surface area contributed by atoms with E-state index in [9.17, 15) is 4.79 Å². The first kappa shape index (κ1) is 13.1. The molecule has 0 saturated heterocycles. The van der Waals surface area contributed by atoms with Crippen LogP contribution >= 0.6 is 11.3 Å². The zero-order chi connectivity index (χ0) is 13.8. The molecule has 0 atom stereocenters. The number of carboxylic acids is 1. The fourth-order valence-electron chi connectivity index (χ4n) is 1.62. The summed E-state index contributed by atoms with van der Waals surface area (Å²) in [7, 11) is 1.84. The number of carbonyl (C=O) groups is 1. The van der Waals surface area contributed by atoms with Crippen LogP contribution in [-0.2, 0) is 6.54 Å². The first-order valence-corrected chi connectivity index (χ1v) is 6.37. The van der Waals surface area contributed by atoms with E-state index in [4.69, 9.17) is 10.4 Å². The van der Waals surface area contributed by atoms with E-state index >= 15 is 0 Å². The Labute approximate surface area is 114 Å². The van der Waals surface area contributed by atoms with E-state index in [1.165, 1.54) is 16.7 Å². The van der Waals surface area contributed by atoms with Gasteiger partial charge in [-0.1, -0.05) is 12.1 Å². The molecule has 2 aromatic rings. The second-order valence-corrected chi connectivity index (χ2v) is 4.83. The van der Waals surface area contributed by atoms with Gasteiger partial charge >= 0.3 is 5.97 Å². The summed E-state index contributed by atoms with van der Waals surface area (Å²) < 4.78 is 0. The summed E-state index contributed by atoms with van der Waals surface area (Å²) in [5.41, 5.74) is 1.64. The first-order valence-electron chi connectivity index (χ1n) is 5.49. The number of rotatable bonds is 4. The van der Waals surface area contributed by atoms with E-state index in [1.807, 2.05) is 30.1 Å². The molecule has 1 N–H and O–H groups in total. The van der Waals surface area contributed by atoms with Gasteiger partial charge in [-0.15, -0.1) is 11.3 Å². The van der Waals surface area contributed by atoms with Gasteiger partial charge in [0.1, 0.15) is 0 Å². The molecule has 0 radical (unpaired) electrons. The average Bonchev–Trinajstić information content (AvgIpc) is 2.89. The number of aromatic nitrogens is 1. The Balaban J connectivity index is 2.13. The average molecular weight is 273 g/mol. The molecule has 0 aliphatic heterocycles. The van der Waals surface area contributed by atoms with Crippen LogP contribution in [0.5, 0.6) is 0 Å². The molecule has 0 unspecified atom stereocenters. The molecule has 1 aromatic heterocycles. The number of hydrogen-bond donors (Lipinski definition) is 1. The summed E-state index contributed by atoms with van der Waals surface area (Å²) in [6.07, 6.45) is 0. The minimum absolute atomic E-state index is 0.0534. The van der Waals surface area contributed by atoms with Crippen LogP contribution in [0, 0.1) is 11.3 Å². The minimum Gasteiger partial charge on any atom is -0.476 e. The summed E-state index contributed by atoms with van der Waals surface area (Å²) in [5.74, 6) is -1.03. The molecule has 19 heavy (non-hydrogen) atoms. The maximum atomic E-state index is 10.8. The van der Waals surface area contributed by atoms with Gasteiger partial charge in [-0.25, -0.2) is 9.78 Å². The normalized spacial score (nSPS) is 9.89. The molecule has 0 saturated carbocycles. The Morgan fingerprint density at radius 3 is 3.00 bits per heavy atom. The summed E-state index contributed by atoms with van der Waals surface area (Å²) in [5, 5.41) is 19.8. The van der Waals surface area contributed by atoms with Crippen LogP contribution in [0.4, 0.5) is 5.13 Å². The molecule has 0 amide bonds. The quantitative estimate of drug-likeness (QED) is 0.925. The molecular weight excluding hydrogens is 262 g/mol. The molecule has 1 aromatic carbocycles. The number of nitrogens with zero attached hydrogens (tertiary/aromatic N) is 3. The molecule has 0 aliphatic rings. The number of hydrogen-bond acceptors (Lipinski definition) is 5. The maximum absolute atomic E-state index is 10.8. The summed E-state index contributed by atoms with van der Waals surface area (Å²) in [4.78, 5) is 16.7. The number of benzene rings is 1. The van der Waals surface area contributed by atoms with E-state index in [-0.39, 0.29) is 5.69 Å². The van der Waals surface area contributed by atoms with Crippen molar-refractivity contribution in [2.45, 2.75) is 6.54 Å². The Bertz CT molecular complexity index is 645. The van der Waals surface area contributed by atoms with Gasteiger partial charge in [0.15, 0.2) is 10.8 Å². The van der Waals surface area contributed by atoms with Gasteiger partial charge in [-0.05, 0) is 17.7 Å². The molecule has 5 nitrogen and oxygen atoms in total. The maximum Gasteiger partial charge on any atom is 0.355 e. The molecule has 0 spiro atoms. The number of anilines is 1. The van der Waals surface area contributed by atoms with E-state index in [1.54, 1.807) is 6.07 Å². The van der Waals surface area contributed by atoms with Gasteiger partial charge in [-0.3, -0.25) is 0 Å². The van der Waals surface area contributed by atoms with Crippen molar-refractivity contribution < 1.29 is 9.90 Å². The lowest BCUT2D eigenvalue weighted by Crippen LogP contribution is -2.16. The third kappa shape index (κ3) is 3.09. The fraction of sp³-hybridized carbons (Fsp3) is 0.154. The zero-order valence-electron chi connectivity index (χ0n) is 10.2. The Hall–Kier alpha value is -2.39. The van der Waals surface area contributed by atoms with Gasteiger partial charge in [-0.2, -0.15) is 5.26 Å². The van der Waals surface area contributed by atoms with Crippen molar-refractivity contribution in [1.82, 2.24) is 4.98 Å². The molecular formula is C13H11N3O2S. The second-order valence-electron chi connectivity index (χ2n) is 3.99. The van der Waals surface area contributed by atoms with Gasteiger partial charge < -0.3 is 10.0 Å². The third-order valence-electron chi connectivity index (χ3n) is 2.51. The Morgan fingerprint density at radius 1 is 1.58 bits per heavy atom. The number of aromatic carboxylic acids is 1. The number of carboxylic acid groups (broad SMARTS) is 1. The lowest BCUT2D eigenvalue weighted by atomic mass is 10.1. The molecule has 1 heterocycles. The summed E-state index contributed by atoms with van der Waals surface area (Å²) in [6, 6.07) is 9.39. The van der Waals surface area contributed by atoms with Crippen LogP contribution < -0.4 is 4.90 Å². The second kappa shape index (κ2) is 5.50. The third-order valence-corrected chi connectivity index (χ3v) is 3.47. The van der Waals surface area contributed by atoms with Gasteiger partial charge in [0, 0.05) is 19.0 Å². The van der Waals surface area contributed by atoms with Crippen LogP contribution in [0.3, 0.4) is 0 Å². The van der Waals surface area contributed by atoms with Crippen molar-refractivity contribution in [1.29, 1.82) is 5.26 Å². The molecule has 0 aliphatic carbocycles. The number of nitriles is 1. The molecule has 0 bridgehead atoms. The Kier molecular flexibility index (Phi) is 3.78. The van der Waals surface area contributed by atoms with E-state index in [0.717, 1.165) is 5.56 Å². The summed E-state index contributed by atoms with van der Waals surface area (Å²) in [6.45, 7) is 0.572. The Morgan fingerprint density at radius 2 is 2.37 bits per heavy atom. The fourth-order valence-corrected chi connectivity index (χ4v) is 2.38.